The Hall–Kier alpha value is -3.65. The summed E-state index contributed by atoms with van der Waals surface area (Å²) in [5.41, 5.74) is 2.21. The molecule has 1 aliphatic carbocycles. The van der Waals surface area contributed by atoms with Crippen molar-refractivity contribution in [3.8, 4) is 11.3 Å². The van der Waals surface area contributed by atoms with Gasteiger partial charge in [0, 0.05) is 43.3 Å². The van der Waals surface area contributed by atoms with Gasteiger partial charge in [0.05, 0.1) is 11.7 Å². The van der Waals surface area contributed by atoms with E-state index >= 15 is 0 Å². The van der Waals surface area contributed by atoms with E-state index in [-0.39, 0.29) is 29.6 Å². The molecule has 2 fully saturated rings. The summed E-state index contributed by atoms with van der Waals surface area (Å²) in [7, 11) is 0. The zero-order valence-corrected chi connectivity index (χ0v) is 20.4. The van der Waals surface area contributed by atoms with Crippen molar-refractivity contribution in [2.75, 3.05) is 26.2 Å². The van der Waals surface area contributed by atoms with Crippen LogP contribution in [-0.4, -0.2) is 58.5 Å². The van der Waals surface area contributed by atoms with Gasteiger partial charge in [0.1, 0.15) is 5.69 Å². The van der Waals surface area contributed by atoms with Crippen LogP contribution in [0.15, 0.2) is 65.5 Å². The number of piperazine rings is 1. The van der Waals surface area contributed by atoms with Crippen molar-refractivity contribution in [2.45, 2.75) is 44.2 Å². The number of nitrogens with one attached hydrogen (secondary N) is 3. The highest BCUT2D eigenvalue weighted by Crippen LogP contribution is 2.33. The van der Waals surface area contributed by atoms with E-state index in [4.69, 9.17) is 0 Å². The Morgan fingerprint density at radius 3 is 2.36 bits per heavy atom. The summed E-state index contributed by atoms with van der Waals surface area (Å²) >= 11 is 0. The number of benzene rings is 2. The fraction of sp³-hybridized carbons (Fsp3) is 0.393. The van der Waals surface area contributed by atoms with Crippen LogP contribution in [-0.2, 0) is 0 Å². The van der Waals surface area contributed by atoms with Gasteiger partial charge in [0.2, 0.25) is 0 Å². The quantitative estimate of drug-likeness (QED) is 0.497. The van der Waals surface area contributed by atoms with E-state index in [9.17, 15) is 14.4 Å². The van der Waals surface area contributed by atoms with Crippen molar-refractivity contribution in [1.29, 1.82) is 0 Å². The molecule has 8 nitrogen and oxygen atoms in total. The second kappa shape index (κ2) is 11.0. The first-order valence-corrected chi connectivity index (χ1v) is 12.9. The lowest BCUT2D eigenvalue weighted by molar-refractivity contribution is 0.0620. The van der Waals surface area contributed by atoms with Gasteiger partial charge >= 0.3 is 5.69 Å². The Morgan fingerprint density at radius 2 is 1.64 bits per heavy atom. The maximum absolute atomic E-state index is 14.0. The van der Waals surface area contributed by atoms with Gasteiger partial charge in [-0.15, -0.1) is 0 Å². The Bertz CT molecular complexity index is 1250. The predicted molar refractivity (Wildman–Crippen MR) is 139 cm³/mol. The van der Waals surface area contributed by atoms with Crippen LogP contribution in [0.25, 0.3) is 11.3 Å². The van der Waals surface area contributed by atoms with Crippen molar-refractivity contribution < 1.29 is 9.59 Å². The summed E-state index contributed by atoms with van der Waals surface area (Å²) in [6.07, 6.45) is 5.22. The van der Waals surface area contributed by atoms with Gasteiger partial charge in [-0.25, -0.2) is 4.79 Å². The van der Waals surface area contributed by atoms with Gasteiger partial charge in [0.15, 0.2) is 0 Å². The van der Waals surface area contributed by atoms with Crippen molar-refractivity contribution in [3.63, 3.8) is 0 Å². The number of aromatic nitrogens is 2. The summed E-state index contributed by atoms with van der Waals surface area (Å²) in [6.45, 7) is 2.04. The molecule has 1 saturated carbocycles. The molecule has 2 aromatic carbocycles. The molecule has 8 heteroatoms. The fourth-order valence-electron chi connectivity index (χ4n) is 5.43. The van der Waals surface area contributed by atoms with Gasteiger partial charge in [-0.3, -0.25) is 14.2 Å². The molecule has 1 atom stereocenters. The summed E-state index contributed by atoms with van der Waals surface area (Å²) in [5.74, 6) is -0.378. The number of carbonyl (C=O) groups is 2. The highest BCUT2D eigenvalue weighted by Gasteiger charge is 2.33. The average Bonchev–Trinajstić information content (AvgIpc) is 3.30. The normalized spacial score (nSPS) is 18.7. The highest BCUT2D eigenvalue weighted by atomic mass is 16.2. The van der Waals surface area contributed by atoms with Gasteiger partial charge in [-0.1, -0.05) is 67.8 Å². The zero-order valence-electron chi connectivity index (χ0n) is 20.4. The molecule has 36 heavy (non-hydrogen) atoms. The summed E-state index contributed by atoms with van der Waals surface area (Å²) in [6, 6.07) is 18.6. The minimum Gasteiger partial charge on any atom is -0.350 e. The number of carbonyl (C=O) groups excluding carboxylic acids is 2. The van der Waals surface area contributed by atoms with E-state index in [1.165, 1.54) is 6.42 Å². The van der Waals surface area contributed by atoms with E-state index < -0.39 is 0 Å². The SMILES string of the molecule is O=C(NCC1CNCCN1C(=O)c1[nH]c(=O)n(C2CCCCC2)c1-c1ccccc1)c1ccccc1. The minimum absolute atomic E-state index is 0.0863. The zero-order chi connectivity index (χ0) is 24.9. The van der Waals surface area contributed by atoms with E-state index in [1.54, 1.807) is 17.0 Å². The molecule has 0 spiro atoms. The van der Waals surface area contributed by atoms with Crippen LogP contribution < -0.4 is 16.3 Å². The van der Waals surface area contributed by atoms with Gasteiger partial charge < -0.3 is 20.5 Å². The minimum atomic E-state index is -0.232. The first-order chi connectivity index (χ1) is 17.6. The molecule has 188 valence electrons. The Labute approximate surface area is 210 Å². The lowest BCUT2D eigenvalue weighted by Crippen LogP contribution is -2.57. The van der Waals surface area contributed by atoms with Gasteiger partial charge in [-0.05, 0) is 25.0 Å². The number of aromatic amines is 1. The number of rotatable bonds is 6. The smallest absolute Gasteiger partial charge is 0.326 e. The molecule has 2 amide bonds. The Morgan fingerprint density at radius 1 is 0.944 bits per heavy atom. The fourth-order valence-corrected chi connectivity index (χ4v) is 5.43. The van der Waals surface area contributed by atoms with E-state index in [0.29, 0.717) is 43.1 Å². The van der Waals surface area contributed by atoms with Crippen LogP contribution in [0.3, 0.4) is 0 Å². The van der Waals surface area contributed by atoms with Crippen LogP contribution in [0.4, 0.5) is 0 Å². The average molecular weight is 488 g/mol. The third kappa shape index (κ3) is 4.99. The maximum atomic E-state index is 14.0. The molecule has 1 saturated heterocycles. The second-order valence-corrected chi connectivity index (χ2v) is 9.61. The molecule has 2 aliphatic rings. The van der Waals surface area contributed by atoms with Crippen LogP contribution >= 0.6 is 0 Å². The molecule has 1 aromatic heterocycles. The largest absolute Gasteiger partial charge is 0.350 e. The number of hydrogen-bond donors (Lipinski definition) is 3. The van der Waals surface area contributed by atoms with Crippen molar-refractivity contribution in [2.24, 2.45) is 0 Å². The molecular weight excluding hydrogens is 454 g/mol. The van der Waals surface area contributed by atoms with Gasteiger partial charge in [0.25, 0.3) is 11.8 Å². The molecule has 3 N–H and O–H groups in total. The molecular formula is C28H33N5O3. The standard InChI is InChI=1S/C28H33N5O3/c34-26(21-12-6-2-7-13-21)30-19-23-18-29-16-17-32(23)27(35)24-25(20-10-4-1-5-11-20)33(28(36)31-24)22-14-8-3-9-15-22/h1-2,4-7,10-13,22-23,29H,3,8-9,14-19H2,(H,30,34)(H,31,36). The Kier molecular flexibility index (Phi) is 7.32. The number of nitrogens with zero attached hydrogens (tertiary/aromatic N) is 2. The highest BCUT2D eigenvalue weighted by molar-refractivity contribution is 5.99. The van der Waals surface area contributed by atoms with Crippen molar-refractivity contribution in [3.05, 3.63) is 82.4 Å². The topological polar surface area (TPSA) is 99.2 Å². The van der Waals surface area contributed by atoms with E-state index in [2.05, 4.69) is 15.6 Å². The molecule has 2 heterocycles. The monoisotopic (exact) mass is 487 g/mol. The molecule has 3 aromatic rings. The summed E-state index contributed by atoms with van der Waals surface area (Å²) in [4.78, 5) is 44.5. The second-order valence-electron chi connectivity index (χ2n) is 9.61. The van der Waals surface area contributed by atoms with Crippen LogP contribution in [0.2, 0.25) is 0 Å². The molecule has 0 bridgehead atoms. The predicted octanol–water partition coefficient (Wildman–Crippen LogP) is 3.19. The molecule has 1 unspecified atom stereocenters. The number of hydrogen-bond acceptors (Lipinski definition) is 4. The molecule has 5 rings (SSSR count). The molecule has 0 radical (unpaired) electrons. The Balaban J connectivity index is 1.44. The van der Waals surface area contributed by atoms with E-state index in [0.717, 1.165) is 31.2 Å². The number of H-pyrrole nitrogens is 1. The number of imidazole rings is 1. The first-order valence-electron chi connectivity index (χ1n) is 12.9. The number of amides is 2. The summed E-state index contributed by atoms with van der Waals surface area (Å²) in [5, 5.41) is 6.30. The van der Waals surface area contributed by atoms with Crippen LogP contribution in [0.1, 0.15) is 59.0 Å². The van der Waals surface area contributed by atoms with Gasteiger partial charge in [-0.2, -0.15) is 0 Å². The van der Waals surface area contributed by atoms with Crippen molar-refractivity contribution >= 4 is 11.8 Å². The molecule has 1 aliphatic heterocycles. The lowest BCUT2D eigenvalue weighted by atomic mass is 9.94. The van der Waals surface area contributed by atoms with Crippen molar-refractivity contribution in [1.82, 2.24) is 25.1 Å². The van der Waals surface area contributed by atoms with E-state index in [1.807, 2.05) is 53.1 Å². The third-order valence-electron chi connectivity index (χ3n) is 7.27. The maximum Gasteiger partial charge on any atom is 0.326 e. The third-order valence-corrected chi connectivity index (χ3v) is 7.27. The van der Waals surface area contributed by atoms with Crippen LogP contribution in [0, 0.1) is 0 Å². The summed E-state index contributed by atoms with van der Waals surface area (Å²) < 4.78 is 1.82. The lowest BCUT2D eigenvalue weighted by Gasteiger charge is -2.36. The first kappa shape index (κ1) is 24.1. The van der Waals surface area contributed by atoms with Crippen LogP contribution in [0.5, 0.6) is 0 Å².